The van der Waals surface area contributed by atoms with Crippen LogP contribution < -0.4 is 5.32 Å². The van der Waals surface area contributed by atoms with E-state index in [9.17, 15) is 9.18 Å². The predicted octanol–water partition coefficient (Wildman–Crippen LogP) is 5.51. The maximum Gasteiger partial charge on any atom is 0.234 e. The molecule has 6 nitrogen and oxygen atoms in total. The van der Waals surface area contributed by atoms with Gasteiger partial charge in [0.25, 0.3) is 0 Å². The first-order valence-electron chi connectivity index (χ1n) is 11.4. The minimum Gasteiger partial charge on any atom is -0.376 e. The van der Waals surface area contributed by atoms with Gasteiger partial charge in [-0.2, -0.15) is 0 Å². The van der Waals surface area contributed by atoms with Crippen LogP contribution in [0.2, 0.25) is 0 Å². The molecule has 2 aromatic carbocycles. The number of benzene rings is 2. The van der Waals surface area contributed by atoms with Crippen molar-refractivity contribution in [2.45, 2.75) is 56.8 Å². The van der Waals surface area contributed by atoms with E-state index < -0.39 is 0 Å². The van der Waals surface area contributed by atoms with Crippen molar-refractivity contribution in [2.24, 2.45) is 0 Å². The van der Waals surface area contributed by atoms with E-state index in [1.807, 2.05) is 16.7 Å². The molecule has 2 atom stereocenters. The molecule has 1 aliphatic heterocycles. The molecule has 2 heterocycles. The van der Waals surface area contributed by atoms with Crippen molar-refractivity contribution in [3.05, 3.63) is 59.9 Å². The lowest BCUT2D eigenvalue weighted by Gasteiger charge is -2.15. The van der Waals surface area contributed by atoms with Gasteiger partial charge in [-0.15, -0.1) is 10.2 Å². The van der Waals surface area contributed by atoms with E-state index in [1.165, 1.54) is 29.5 Å². The molecule has 0 unspecified atom stereocenters. The normalized spacial score (nSPS) is 16.6. The molecular weight excluding hydrogens is 439 g/mol. The molecule has 0 radical (unpaired) electrons. The third kappa shape index (κ3) is 6.00. The fraction of sp³-hybridized carbons (Fsp3) is 0.400. The number of ether oxygens (including phenoxy) is 1. The highest BCUT2D eigenvalue weighted by atomic mass is 32.2. The Hall–Kier alpha value is -2.71. The third-order valence-electron chi connectivity index (χ3n) is 5.94. The summed E-state index contributed by atoms with van der Waals surface area (Å²) in [6, 6.07) is 14.2. The van der Waals surface area contributed by atoms with E-state index in [0.29, 0.717) is 23.4 Å². The van der Waals surface area contributed by atoms with Gasteiger partial charge >= 0.3 is 0 Å². The maximum atomic E-state index is 13.4. The fourth-order valence-electron chi connectivity index (χ4n) is 3.82. The first-order valence-corrected chi connectivity index (χ1v) is 12.4. The minimum atomic E-state index is -0.299. The average molecular weight is 469 g/mol. The number of aromatic nitrogens is 3. The Labute approximate surface area is 197 Å². The van der Waals surface area contributed by atoms with Gasteiger partial charge in [-0.25, -0.2) is 4.39 Å². The van der Waals surface area contributed by atoms with Crippen molar-refractivity contribution in [1.82, 2.24) is 14.8 Å². The highest BCUT2D eigenvalue weighted by molar-refractivity contribution is 7.99. The van der Waals surface area contributed by atoms with Crippen LogP contribution in [0.15, 0.2) is 53.7 Å². The standard InChI is InChI=1S/C25H29FN4O2S/c1-3-17(2)18-8-12-21(13-9-18)27-23(31)16-33-25-29-28-24(19-6-10-20(26)11-7-19)30(25)15-22-5-4-14-32-22/h6-13,17,22H,3-5,14-16H2,1-2H3,(H,27,31)/t17-,22+/m1/s1. The maximum absolute atomic E-state index is 13.4. The Morgan fingerprint density at radius 1 is 1.21 bits per heavy atom. The lowest BCUT2D eigenvalue weighted by Crippen LogP contribution is -2.18. The monoisotopic (exact) mass is 468 g/mol. The van der Waals surface area contributed by atoms with Crippen molar-refractivity contribution in [3.63, 3.8) is 0 Å². The number of rotatable bonds is 9. The van der Waals surface area contributed by atoms with Gasteiger partial charge in [0, 0.05) is 17.9 Å². The molecule has 1 amide bonds. The van der Waals surface area contributed by atoms with Gasteiger partial charge in [-0.3, -0.25) is 9.36 Å². The molecule has 33 heavy (non-hydrogen) atoms. The van der Waals surface area contributed by atoms with Crippen LogP contribution in [0.3, 0.4) is 0 Å². The van der Waals surface area contributed by atoms with Gasteiger partial charge in [0.2, 0.25) is 5.91 Å². The van der Waals surface area contributed by atoms with Crippen LogP contribution in [-0.4, -0.2) is 39.1 Å². The van der Waals surface area contributed by atoms with Gasteiger partial charge in [0.1, 0.15) is 5.82 Å². The number of halogens is 1. The van der Waals surface area contributed by atoms with Gasteiger partial charge in [0.05, 0.1) is 18.4 Å². The zero-order valence-corrected chi connectivity index (χ0v) is 19.8. The Morgan fingerprint density at radius 3 is 2.64 bits per heavy atom. The predicted molar refractivity (Wildman–Crippen MR) is 129 cm³/mol. The summed E-state index contributed by atoms with van der Waals surface area (Å²) in [7, 11) is 0. The zero-order valence-electron chi connectivity index (χ0n) is 19.0. The number of amides is 1. The Bertz CT molecular complexity index is 1060. The van der Waals surface area contributed by atoms with Crippen molar-refractivity contribution >= 4 is 23.4 Å². The van der Waals surface area contributed by atoms with Crippen molar-refractivity contribution in [3.8, 4) is 11.4 Å². The molecular formula is C25H29FN4O2S. The van der Waals surface area contributed by atoms with E-state index in [1.54, 1.807) is 12.1 Å². The Morgan fingerprint density at radius 2 is 1.97 bits per heavy atom. The molecule has 0 saturated carbocycles. The topological polar surface area (TPSA) is 69.0 Å². The van der Waals surface area contributed by atoms with E-state index in [2.05, 4.69) is 41.5 Å². The number of carbonyl (C=O) groups excluding carboxylic acids is 1. The average Bonchev–Trinajstić information content (AvgIpc) is 3.49. The first-order chi connectivity index (χ1) is 16.0. The molecule has 8 heteroatoms. The number of hydrogen-bond acceptors (Lipinski definition) is 5. The van der Waals surface area contributed by atoms with E-state index in [4.69, 9.17) is 4.74 Å². The number of hydrogen-bond donors (Lipinski definition) is 1. The summed E-state index contributed by atoms with van der Waals surface area (Å²) in [6.07, 6.45) is 3.16. The molecule has 1 aromatic heterocycles. The van der Waals surface area contributed by atoms with Crippen LogP contribution in [0.4, 0.5) is 10.1 Å². The van der Waals surface area contributed by atoms with Crippen molar-refractivity contribution in [2.75, 3.05) is 17.7 Å². The largest absolute Gasteiger partial charge is 0.376 e. The Kier molecular flexibility index (Phi) is 7.77. The number of nitrogens with one attached hydrogen (secondary N) is 1. The van der Waals surface area contributed by atoms with Gasteiger partial charge < -0.3 is 10.1 Å². The Balaban J connectivity index is 1.44. The molecule has 4 rings (SSSR count). The third-order valence-corrected chi connectivity index (χ3v) is 6.90. The molecule has 1 N–H and O–H groups in total. The van der Waals surface area contributed by atoms with Crippen LogP contribution in [0, 0.1) is 5.82 Å². The SMILES string of the molecule is CC[C@@H](C)c1ccc(NC(=O)CSc2nnc(-c3ccc(F)cc3)n2C[C@@H]2CCCO2)cc1. The van der Waals surface area contributed by atoms with Crippen LogP contribution in [0.5, 0.6) is 0 Å². The van der Waals surface area contributed by atoms with Crippen molar-refractivity contribution in [1.29, 1.82) is 0 Å². The smallest absolute Gasteiger partial charge is 0.234 e. The summed E-state index contributed by atoms with van der Waals surface area (Å²) >= 11 is 1.34. The number of anilines is 1. The molecule has 174 valence electrons. The van der Waals surface area contributed by atoms with E-state index >= 15 is 0 Å². The van der Waals surface area contributed by atoms with Crippen molar-refractivity contribution < 1.29 is 13.9 Å². The van der Waals surface area contributed by atoms with Crippen LogP contribution >= 0.6 is 11.8 Å². The second-order valence-electron chi connectivity index (χ2n) is 8.33. The highest BCUT2D eigenvalue weighted by Gasteiger charge is 2.22. The van der Waals surface area contributed by atoms with Gasteiger partial charge in [-0.1, -0.05) is 37.7 Å². The van der Waals surface area contributed by atoms with E-state index in [-0.39, 0.29) is 23.6 Å². The first kappa shape index (κ1) is 23.4. The summed E-state index contributed by atoms with van der Waals surface area (Å²) in [5.74, 6) is 0.948. The molecule has 3 aromatic rings. The summed E-state index contributed by atoms with van der Waals surface area (Å²) in [4.78, 5) is 12.6. The summed E-state index contributed by atoms with van der Waals surface area (Å²) in [5, 5.41) is 12.3. The lowest BCUT2D eigenvalue weighted by atomic mass is 9.99. The number of carbonyl (C=O) groups is 1. The quantitative estimate of drug-likeness (QED) is 0.420. The van der Waals surface area contributed by atoms with Crippen LogP contribution in [0.1, 0.15) is 44.6 Å². The minimum absolute atomic E-state index is 0.0809. The fourth-order valence-corrected chi connectivity index (χ4v) is 4.57. The number of thioether (sulfide) groups is 1. The summed E-state index contributed by atoms with van der Waals surface area (Å²) < 4.78 is 21.2. The molecule has 1 saturated heterocycles. The molecule has 0 bridgehead atoms. The zero-order chi connectivity index (χ0) is 23.2. The van der Waals surface area contributed by atoms with Crippen LogP contribution in [-0.2, 0) is 16.1 Å². The van der Waals surface area contributed by atoms with Gasteiger partial charge in [-0.05, 0) is 67.1 Å². The lowest BCUT2D eigenvalue weighted by molar-refractivity contribution is -0.113. The van der Waals surface area contributed by atoms with Crippen LogP contribution in [0.25, 0.3) is 11.4 Å². The summed E-state index contributed by atoms with van der Waals surface area (Å²) in [5.41, 5.74) is 2.82. The molecule has 0 aliphatic carbocycles. The second kappa shape index (κ2) is 10.9. The summed E-state index contributed by atoms with van der Waals surface area (Å²) in [6.45, 7) is 5.70. The van der Waals surface area contributed by atoms with E-state index in [0.717, 1.165) is 37.1 Å². The molecule has 0 spiro atoms. The highest BCUT2D eigenvalue weighted by Crippen LogP contribution is 2.27. The van der Waals surface area contributed by atoms with Gasteiger partial charge in [0.15, 0.2) is 11.0 Å². The number of nitrogens with zero attached hydrogens (tertiary/aromatic N) is 3. The molecule has 1 fully saturated rings. The molecule has 1 aliphatic rings. The second-order valence-corrected chi connectivity index (χ2v) is 9.27.